The number of hydrogen-bond acceptors (Lipinski definition) is 5. The van der Waals surface area contributed by atoms with Crippen LogP contribution in [0.5, 0.6) is 0 Å². The van der Waals surface area contributed by atoms with E-state index in [0.717, 1.165) is 11.1 Å². The van der Waals surface area contributed by atoms with Crippen molar-refractivity contribution < 1.29 is 0 Å². The molecule has 19 heavy (non-hydrogen) atoms. The van der Waals surface area contributed by atoms with Gasteiger partial charge in [0, 0.05) is 23.5 Å². The molecule has 2 heterocycles. The number of anilines is 1. The van der Waals surface area contributed by atoms with Crippen LogP contribution in [-0.2, 0) is 0 Å². The molecule has 92 valence electrons. The summed E-state index contributed by atoms with van der Waals surface area (Å²) < 4.78 is 0. The Hall–Kier alpha value is -2.82. The Bertz CT molecular complexity index is 625. The Kier molecular flexibility index (Phi) is 2.86. The summed E-state index contributed by atoms with van der Waals surface area (Å²) in [5, 5.41) is 0. The molecule has 0 unspecified atom stereocenters. The quantitative estimate of drug-likeness (QED) is 0.753. The first-order chi connectivity index (χ1) is 9.33. The lowest BCUT2D eigenvalue weighted by Crippen LogP contribution is -2.02. The third-order valence-corrected chi connectivity index (χ3v) is 2.60. The summed E-state index contributed by atoms with van der Waals surface area (Å²) in [6.07, 6.45) is 3.40. The van der Waals surface area contributed by atoms with E-state index in [1.807, 2.05) is 42.5 Å². The molecule has 0 saturated carbocycles. The highest BCUT2D eigenvalue weighted by molar-refractivity contribution is 5.61. The molecule has 2 N–H and O–H groups in total. The Morgan fingerprint density at radius 2 is 1.42 bits per heavy atom. The van der Waals surface area contributed by atoms with Gasteiger partial charge in [0.05, 0.1) is 0 Å². The van der Waals surface area contributed by atoms with Crippen LogP contribution in [0.4, 0.5) is 5.95 Å². The SMILES string of the molecule is Nc1nc(-c2ccccc2)nc(-c2cccnc2)n1. The maximum Gasteiger partial charge on any atom is 0.224 e. The van der Waals surface area contributed by atoms with Gasteiger partial charge in [-0.05, 0) is 12.1 Å². The number of benzene rings is 1. The minimum absolute atomic E-state index is 0.202. The molecule has 0 amide bonds. The van der Waals surface area contributed by atoms with Crippen molar-refractivity contribution in [3.63, 3.8) is 0 Å². The Morgan fingerprint density at radius 1 is 0.737 bits per heavy atom. The largest absolute Gasteiger partial charge is 0.368 e. The summed E-state index contributed by atoms with van der Waals surface area (Å²) >= 11 is 0. The molecule has 3 rings (SSSR count). The monoisotopic (exact) mass is 249 g/mol. The summed E-state index contributed by atoms with van der Waals surface area (Å²) in [5.41, 5.74) is 7.47. The zero-order valence-corrected chi connectivity index (χ0v) is 10.1. The standard InChI is InChI=1S/C14H11N5/c15-14-18-12(10-5-2-1-3-6-10)17-13(19-14)11-7-4-8-16-9-11/h1-9H,(H2,15,17,18,19). The Labute approximate surface area is 110 Å². The smallest absolute Gasteiger partial charge is 0.224 e. The van der Waals surface area contributed by atoms with Crippen LogP contribution >= 0.6 is 0 Å². The molecule has 2 aromatic heterocycles. The van der Waals surface area contributed by atoms with Gasteiger partial charge in [-0.2, -0.15) is 9.97 Å². The van der Waals surface area contributed by atoms with E-state index in [4.69, 9.17) is 5.73 Å². The number of nitrogens with zero attached hydrogens (tertiary/aromatic N) is 4. The normalized spacial score (nSPS) is 10.3. The first-order valence-corrected chi connectivity index (χ1v) is 5.80. The predicted octanol–water partition coefficient (Wildman–Crippen LogP) is 2.18. The first-order valence-electron chi connectivity index (χ1n) is 5.80. The predicted molar refractivity (Wildman–Crippen MR) is 72.9 cm³/mol. The van der Waals surface area contributed by atoms with E-state index in [1.165, 1.54) is 0 Å². The van der Waals surface area contributed by atoms with E-state index in [9.17, 15) is 0 Å². The molecule has 3 aromatic rings. The fourth-order valence-corrected chi connectivity index (χ4v) is 1.73. The van der Waals surface area contributed by atoms with Gasteiger partial charge < -0.3 is 5.73 Å². The van der Waals surface area contributed by atoms with Crippen molar-refractivity contribution in [1.29, 1.82) is 0 Å². The maximum atomic E-state index is 5.75. The minimum atomic E-state index is 0.202. The molecule has 0 aliphatic heterocycles. The average molecular weight is 249 g/mol. The van der Waals surface area contributed by atoms with Crippen LogP contribution < -0.4 is 5.73 Å². The minimum Gasteiger partial charge on any atom is -0.368 e. The number of rotatable bonds is 2. The van der Waals surface area contributed by atoms with Gasteiger partial charge in [0.15, 0.2) is 11.6 Å². The highest BCUT2D eigenvalue weighted by Crippen LogP contribution is 2.19. The topological polar surface area (TPSA) is 77.6 Å². The second-order valence-electron chi connectivity index (χ2n) is 3.95. The summed E-state index contributed by atoms with van der Waals surface area (Å²) in [6.45, 7) is 0. The van der Waals surface area contributed by atoms with Crippen molar-refractivity contribution in [2.24, 2.45) is 0 Å². The number of aromatic nitrogens is 4. The van der Waals surface area contributed by atoms with E-state index in [-0.39, 0.29) is 5.95 Å². The van der Waals surface area contributed by atoms with Crippen LogP contribution in [0.3, 0.4) is 0 Å². The molecular weight excluding hydrogens is 238 g/mol. The summed E-state index contributed by atoms with van der Waals surface area (Å²) in [5.74, 6) is 1.29. The van der Waals surface area contributed by atoms with Crippen molar-refractivity contribution >= 4 is 5.95 Å². The molecule has 0 atom stereocenters. The molecule has 0 aliphatic rings. The molecule has 5 nitrogen and oxygen atoms in total. The van der Waals surface area contributed by atoms with Crippen LogP contribution in [-0.4, -0.2) is 19.9 Å². The summed E-state index contributed by atoms with van der Waals surface area (Å²) in [6, 6.07) is 13.4. The van der Waals surface area contributed by atoms with Crippen LogP contribution in [0.25, 0.3) is 22.8 Å². The number of pyridine rings is 1. The molecule has 0 spiro atoms. The van der Waals surface area contributed by atoms with Crippen molar-refractivity contribution in [2.45, 2.75) is 0 Å². The van der Waals surface area contributed by atoms with Gasteiger partial charge >= 0.3 is 0 Å². The lowest BCUT2D eigenvalue weighted by Gasteiger charge is -2.04. The molecule has 0 aliphatic carbocycles. The van der Waals surface area contributed by atoms with Gasteiger partial charge in [0.1, 0.15) is 0 Å². The second kappa shape index (κ2) is 4.81. The molecule has 1 aromatic carbocycles. The van der Waals surface area contributed by atoms with E-state index in [0.29, 0.717) is 11.6 Å². The summed E-state index contributed by atoms with van der Waals surface area (Å²) in [7, 11) is 0. The van der Waals surface area contributed by atoms with Gasteiger partial charge in [-0.3, -0.25) is 4.98 Å². The molecule has 0 bridgehead atoms. The molecule has 0 fully saturated rings. The van der Waals surface area contributed by atoms with Gasteiger partial charge in [-0.15, -0.1) is 0 Å². The van der Waals surface area contributed by atoms with Crippen LogP contribution in [0.1, 0.15) is 0 Å². The van der Waals surface area contributed by atoms with Gasteiger partial charge in [-0.25, -0.2) is 4.98 Å². The number of nitrogens with two attached hydrogens (primary N) is 1. The second-order valence-corrected chi connectivity index (χ2v) is 3.95. The van der Waals surface area contributed by atoms with Crippen molar-refractivity contribution in [3.05, 3.63) is 54.9 Å². The van der Waals surface area contributed by atoms with Crippen molar-refractivity contribution in [2.75, 3.05) is 5.73 Å². The van der Waals surface area contributed by atoms with Crippen LogP contribution in [0, 0.1) is 0 Å². The maximum absolute atomic E-state index is 5.75. The van der Waals surface area contributed by atoms with Crippen molar-refractivity contribution in [1.82, 2.24) is 19.9 Å². The number of hydrogen-bond donors (Lipinski definition) is 1. The summed E-state index contributed by atoms with van der Waals surface area (Å²) in [4.78, 5) is 16.8. The van der Waals surface area contributed by atoms with Crippen LogP contribution in [0.15, 0.2) is 54.9 Å². The molecular formula is C14H11N5. The van der Waals surface area contributed by atoms with E-state index in [2.05, 4.69) is 19.9 Å². The zero-order valence-electron chi connectivity index (χ0n) is 10.1. The third-order valence-electron chi connectivity index (χ3n) is 2.60. The van der Waals surface area contributed by atoms with Gasteiger partial charge in [-0.1, -0.05) is 30.3 Å². The first kappa shape index (κ1) is 11.3. The number of nitrogen functional groups attached to an aromatic ring is 1. The molecule has 5 heteroatoms. The van der Waals surface area contributed by atoms with Crippen LogP contribution in [0.2, 0.25) is 0 Å². The van der Waals surface area contributed by atoms with Gasteiger partial charge in [0.25, 0.3) is 0 Å². The van der Waals surface area contributed by atoms with E-state index in [1.54, 1.807) is 12.4 Å². The fourth-order valence-electron chi connectivity index (χ4n) is 1.73. The molecule has 0 saturated heterocycles. The highest BCUT2D eigenvalue weighted by Gasteiger charge is 2.08. The third kappa shape index (κ3) is 2.40. The highest BCUT2D eigenvalue weighted by atomic mass is 15.1. The van der Waals surface area contributed by atoms with Gasteiger partial charge in [0.2, 0.25) is 5.95 Å². The lowest BCUT2D eigenvalue weighted by molar-refractivity contribution is 1.08. The molecule has 0 radical (unpaired) electrons. The zero-order chi connectivity index (χ0) is 13.1. The van der Waals surface area contributed by atoms with Crippen molar-refractivity contribution in [3.8, 4) is 22.8 Å². The van der Waals surface area contributed by atoms with E-state index < -0.39 is 0 Å². The lowest BCUT2D eigenvalue weighted by atomic mass is 10.2. The van der Waals surface area contributed by atoms with E-state index >= 15 is 0 Å². The average Bonchev–Trinajstić information content (AvgIpc) is 2.48. The Balaban J connectivity index is 2.12. The fraction of sp³-hybridized carbons (Fsp3) is 0. The Morgan fingerprint density at radius 3 is 2.11 bits per heavy atom.